The Balaban J connectivity index is 2.49. The lowest BCUT2D eigenvalue weighted by Crippen LogP contribution is -1.87. The molecule has 2 nitrogen and oxygen atoms in total. The SMILES string of the molecule is COc1cc(-c2ccc(C)c(F)c2)ccc1O. The first kappa shape index (κ1) is 11.5. The minimum absolute atomic E-state index is 0.0730. The first-order valence-corrected chi connectivity index (χ1v) is 5.25. The molecule has 2 aromatic rings. The van der Waals surface area contributed by atoms with Crippen LogP contribution in [0, 0.1) is 12.7 Å². The summed E-state index contributed by atoms with van der Waals surface area (Å²) in [5.74, 6) is 0.210. The van der Waals surface area contributed by atoms with Gasteiger partial charge in [0.1, 0.15) is 5.82 Å². The summed E-state index contributed by atoms with van der Waals surface area (Å²) in [5, 5.41) is 9.48. The molecule has 0 bridgehead atoms. The lowest BCUT2D eigenvalue weighted by atomic mass is 10.0. The van der Waals surface area contributed by atoms with Crippen molar-refractivity contribution in [2.45, 2.75) is 6.92 Å². The molecule has 1 N–H and O–H groups in total. The predicted molar refractivity (Wildman–Crippen MR) is 64.8 cm³/mol. The van der Waals surface area contributed by atoms with Crippen molar-refractivity contribution in [3.8, 4) is 22.6 Å². The molecule has 0 saturated heterocycles. The highest BCUT2D eigenvalue weighted by Crippen LogP contribution is 2.31. The molecule has 0 aliphatic carbocycles. The van der Waals surface area contributed by atoms with E-state index in [4.69, 9.17) is 4.74 Å². The molecule has 0 aromatic heterocycles. The third kappa shape index (κ3) is 2.23. The Morgan fingerprint density at radius 1 is 1.06 bits per heavy atom. The Kier molecular flexibility index (Phi) is 3.00. The highest BCUT2D eigenvalue weighted by atomic mass is 19.1. The van der Waals surface area contributed by atoms with E-state index >= 15 is 0 Å². The number of aryl methyl sites for hydroxylation is 1. The van der Waals surface area contributed by atoms with Gasteiger partial charge in [0.25, 0.3) is 0 Å². The molecular weight excluding hydrogens is 219 g/mol. The monoisotopic (exact) mass is 232 g/mol. The van der Waals surface area contributed by atoms with Crippen LogP contribution in [0.4, 0.5) is 4.39 Å². The molecule has 0 saturated carbocycles. The molecule has 0 amide bonds. The fourth-order valence-corrected chi connectivity index (χ4v) is 1.63. The van der Waals surface area contributed by atoms with Crippen LogP contribution in [0.1, 0.15) is 5.56 Å². The van der Waals surface area contributed by atoms with Crippen molar-refractivity contribution < 1.29 is 14.2 Å². The first-order valence-electron chi connectivity index (χ1n) is 5.25. The second-order valence-electron chi connectivity index (χ2n) is 3.85. The number of hydrogen-bond acceptors (Lipinski definition) is 2. The minimum atomic E-state index is -0.241. The van der Waals surface area contributed by atoms with Gasteiger partial charge < -0.3 is 9.84 Å². The fraction of sp³-hybridized carbons (Fsp3) is 0.143. The first-order chi connectivity index (χ1) is 8.11. The number of ether oxygens (including phenoxy) is 1. The zero-order valence-corrected chi connectivity index (χ0v) is 9.70. The number of methoxy groups -OCH3 is 1. The van der Waals surface area contributed by atoms with Crippen LogP contribution in [0.3, 0.4) is 0 Å². The van der Waals surface area contributed by atoms with Crippen LogP contribution in [-0.2, 0) is 0 Å². The van der Waals surface area contributed by atoms with Gasteiger partial charge in [-0.1, -0.05) is 18.2 Å². The molecule has 2 aromatic carbocycles. The van der Waals surface area contributed by atoms with Gasteiger partial charge in [-0.2, -0.15) is 0 Å². The molecule has 0 spiro atoms. The Bertz CT molecular complexity index is 550. The van der Waals surface area contributed by atoms with E-state index in [1.807, 2.05) is 6.07 Å². The van der Waals surface area contributed by atoms with Crippen molar-refractivity contribution >= 4 is 0 Å². The molecule has 0 fully saturated rings. The standard InChI is InChI=1S/C14H13FO2/c1-9-3-4-10(7-12(9)15)11-5-6-13(16)14(8-11)17-2/h3-8,16H,1-2H3. The Labute approximate surface area is 99.3 Å². The predicted octanol–water partition coefficient (Wildman–Crippen LogP) is 3.52. The van der Waals surface area contributed by atoms with Gasteiger partial charge in [-0.25, -0.2) is 4.39 Å². The van der Waals surface area contributed by atoms with E-state index in [0.29, 0.717) is 11.3 Å². The number of halogens is 1. The van der Waals surface area contributed by atoms with Crippen LogP contribution < -0.4 is 4.74 Å². The largest absolute Gasteiger partial charge is 0.504 e. The molecule has 88 valence electrons. The summed E-state index contributed by atoms with van der Waals surface area (Å²) in [6.07, 6.45) is 0. The van der Waals surface area contributed by atoms with Gasteiger partial charge in [-0.05, 0) is 41.8 Å². The van der Waals surface area contributed by atoms with E-state index in [1.165, 1.54) is 19.2 Å². The maximum atomic E-state index is 13.4. The van der Waals surface area contributed by atoms with Gasteiger partial charge in [-0.3, -0.25) is 0 Å². The smallest absolute Gasteiger partial charge is 0.161 e. The van der Waals surface area contributed by atoms with Crippen LogP contribution in [0.2, 0.25) is 0 Å². The number of rotatable bonds is 2. The summed E-state index contributed by atoms with van der Waals surface area (Å²) in [4.78, 5) is 0. The van der Waals surface area contributed by atoms with Crippen molar-refractivity contribution in [2.75, 3.05) is 7.11 Å². The molecule has 0 aliphatic heterocycles. The number of phenols is 1. The van der Waals surface area contributed by atoms with E-state index in [-0.39, 0.29) is 11.6 Å². The van der Waals surface area contributed by atoms with Crippen molar-refractivity contribution in [3.05, 3.63) is 47.8 Å². The van der Waals surface area contributed by atoms with Crippen LogP contribution in [-0.4, -0.2) is 12.2 Å². The number of aromatic hydroxyl groups is 1. The molecule has 17 heavy (non-hydrogen) atoms. The summed E-state index contributed by atoms with van der Waals surface area (Å²) < 4.78 is 18.5. The number of benzene rings is 2. The maximum Gasteiger partial charge on any atom is 0.161 e. The number of hydrogen-bond donors (Lipinski definition) is 1. The summed E-state index contributed by atoms with van der Waals surface area (Å²) in [5.41, 5.74) is 2.17. The Morgan fingerprint density at radius 2 is 1.71 bits per heavy atom. The third-order valence-corrected chi connectivity index (χ3v) is 2.68. The van der Waals surface area contributed by atoms with Crippen LogP contribution >= 0.6 is 0 Å². The second-order valence-corrected chi connectivity index (χ2v) is 3.85. The minimum Gasteiger partial charge on any atom is -0.504 e. The van der Waals surface area contributed by atoms with Gasteiger partial charge >= 0.3 is 0 Å². The van der Waals surface area contributed by atoms with Crippen molar-refractivity contribution in [2.24, 2.45) is 0 Å². The quantitative estimate of drug-likeness (QED) is 0.858. The average molecular weight is 232 g/mol. The summed E-state index contributed by atoms with van der Waals surface area (Å²) >= 11 is 0. The maximum absolute atomic E-state index is 13.4. The molecular formula is C14H13FO2. The van der Waals surface area contributed by atoms with E-state index in [0.717, 1.165) is 11.1 Å². The molecule has 0 radical (unpaired) electrons. The van der Waals surface area contributed by atoms with Crippen molar-refractivity contribution in [1.82, 2.24) is 0 Å². The highest BCUT2D eigenvalue weighted by molar-refractivity contribution is 5.67. The van der Waals surface area contributed by atoms with Crippen LogP contribution in [0.15, 0.2) is 36.4 Å². The molecule has 0 heterocycles. The molecule has 0 aliphatic rings. The third-order valence-electron chi connectivity index (χ3n) is 2.68. The van der Waals surface area contributed by atoms with Crippen molar-refractivity contribution in [3.63, 3.8) is 0 Å². The van der Waals surface area contributed by atoms with E-state index in [1.54, 1.807) is 25.1 Å². The van der Waals surface area contributed by atoms with E-state index in [2.05, 4.69) is 0 Å². The van der Waals surface area contributed by atoms with Gasteiger partial charge in [0.05, 0.1) is 7.11 Å². The molecule has 0 unspecified atom stereocenters. The van der Waals surface area contributed by atoms with Gasteiger partial charge in [0.15, 0.2) is 11.5 Å². The van der Waals surface area contributed by atoms with Crippen molar-refractivity contribution in [1.29, 1.82) is 0 Å². The normalized spacial score (nSPS) is 10.3. The zero-order valence-electron chi connectivity index (χ0n) is 9.70. The van der Waals surface area contributed by atoms with E-state index < -0.39 is 0 Å². The summed E-state index contributed by atoms with van der Waals surface area (Å²) in [6.45, 7) is 1.72. The molecule has 2 rings (SSSR count). The summed E-state index contributed by atoms with van der Waals surface area (Å²) in [7, 11) is 1.48. The lowest BCUT2D eigenvalue weighted by Gasteiger charge is -2.07. The van der Waals surface area contributed by atoms with Crippen LogP contribution in [0.25, 0.3) is 11.1 Å². The molecule has 0 atom stereocenters. The van der Waals surface area contributed by atoms with Gasteiger partial charge in [0.2, 0.25) is 0 Å². The Morgan fingerprint density at radius 3 is 2.35 bits per heavy atom. The Hall–Kier alpha value is -2.03. The average Bonchev–Trinajstić information content (AvgIpc) is 2.33. The highest BCUT2D eigenvalue weighted by Gasteiger charge is 2.06. The van der Waals surface area contributed by atoms with Gasteiger partial charge in [0, 0.05) is 0 Å². The topological polar surface area (TPSA) is 29.5 Å². The molecule has 3 heteroatoms. The summed E-state index contributed by atoms with van der Waals surface area (Å²) in [6, 6.07) is 9.97. The van der Waals surface area contributed by atoms with Crippen LogP contribution in [0.5, 0.6) is 11.5 Å². The zero-order chi connectivity index (χ0) is 12.4. The van der Waals surface area contributed by atoms with Gasteiger partial charge in [-0.15, -0.1) is 0 Å². The fourth-order valence-electron chi connectivity index (χ4n) is 1.63. The second kappa shape index (κ2) is 4.45. The van der Waals surface area contributed by atoms with E-state index in [9.17, 15) is 9.50 Å². The number of phenolic OH excluding ortho intramolecular Hbond substituents is 1. The lowest BCUT2D eigenvalue weighted by molar-refractivity contribution is 0.373.